The van der Waals surface area contributed by atoms with Crippen LogP contribution in [-0.2, 0) is 9.59 Å². The summed E-state index contributed by atoms with van der Waals surface area (Å²) in [4.78, 5) is 24.0. The van der Waals surface area contributed by atoms with Gasteiger partial charge in [-0.3, -0.25) is 9.59 Å². The van der Waals surface area contributed by atoms with Gasteiger partial charge in [-0.2, -0.15) is 0 Å². The van der Waals surface area contributed by atoms with E-state index in [9.17, 15) is 9.59 Å². The highest BCUT2D eigenvalue weighted by atomic mass is 16.2. The van der Waals surface area contributed by atoms with Gasteiger partial charge in [0.05, 0.1) is 11.1 Å². The lowest BCUT2D eigenvalue weighted by Crippen LogP contribution is -2.28. The number of nitrogens with one attached hydrogen (secondary N) is 1. The molecule has 1 N–H and O–H groups in total. The van der Waals surface area contributed by atoms with Crippen LogP contribution in [0.4, 0.5) is 0 Å². The molecule has 17 heavy (non-hydrogen) atoms. The average Bonchev–Trinajstić information content (AvgIpc) is 2.48. The van der Waals surface area contributed by atoms with E-state index in [0.717, 1.165) is 0 Å². The van der Waals surface area contributed by atoms with Crippen LogP contribution in [0.5, 0.6) is 0 Å². The van der Waals surface area contributed by atoms with Crippen molar-refractivity contribution in [2.45, 2.75) is 13.8 Å². The van der Waals surface area contributed by atoms with Crippen LogP contribution in [0.2, 0.25) is 0 Å². The molecule has 0 bridgehead atoms. The molecule has 2 amide bonds. The fourth-order valence-electron chi connectivity index (χ4n) is 1.36. The standard InChI is InChI=1S/C12H15BN2O2/c1-8(2)4-5-9-10(6-7-14-3)12(17)15(13)11(9)16/h4-8,14H,1-3H3/b5-4+,7-6-. The summed E-state index contributed by atoms with van der Waals surface area (Å²) >= 11 is 0. The van der Waals surface area contributed by atoms with Gasteiger partial charge in [0.25, 0.3) is 0 Å². The number of nitrogens with zero attached hydrogens (tertiary/aromatic N) is 1. The molecule has 0 spiro atoms. The first-order valence-electron chi connectivity index (χ1n) is 5.38. The van der Waals surface area contributed by atoms with Gasteiger partial charge in [-0.05, 0) is 18.2 Å². The summed E-state index contributed by atoms with van der Waals surface area (Å²) in [6, 6.07) is 0. The van der Waals surface area contributed by atoms with Gasteiger partial charge in [-0.15, -0.1) is 0 Å². The van der Waals surface area contributed by atoms with Crippen molar-refractivity contribution in [3.63, 3.8) is 0 Å². The molecule has 1 rings (SSSR count). The fourth-order valence-corrected chi connectivity index (χ4v) is 1.36. The Balaban J connectivity index is 3.13. The highest BCUT2D eigenvalue weighted by Gasteiger charge is 2.31. The SMILES string of the molecule is [B]N1C(=O)C(/C=C\NC)=C(/C=C/C(C)C)C1=O. The highest BCUT2D eigenvalue weighted by Crippen LogP contribution is 2.21. The molecule has 1 aliphatic rings. The van der Waals surface area contributed by atoms with E-state index in [1.165, 1.54) is 0 Å². The first kappa shape index (κ1) is 13.3. The first-order chi connectivity index (χ1) is 7.99. The summed E-state index contributed by atoms with van der Waals surface area (Å²) < 4.78 is 0. The van der Waals surface area contributed by atoms with Crippen molar-refractivity contribution in [3.05, 3.63) is 35.6 Å². The smallest absolute Gasteiger partial charge is 0.248 e. The normalized spacial score (nSPS) is 17.3. The topological polar surface area (TPSA) is 49.4 Å². The fraction of sp³-hybridized carbons (Fsp3) is 0.333. The number of imide groups is 1. The van der Waals surface area contributed by atoms with E-state index in [1.54, 1.807) is 25.4 Å². The summed E-state index contributed by atoms with van der Waals surface area (Å²) in [5, 5.41) is 2.77. The van der Waals surface area contributed by atoms with Crippen LogP contribution < -0.4 is 5.32 Å². The second-order valence-electron chi connectivity index (χ2n) is 4.03. The van der Waals surface area contributed by atoms with Gasteiger partial charge in [0.15, 0.2) is 0 Å². The third-order valence-electron chi connectivity index (χ3n) is 2.25. The van der Waals surface area contributed by atoms with Gasteiger partial charge >= 0.3 is 0 Å². The molecule has 0 atom stereocenters. The molecule has 0 saturated carbocycles. The van der Waals surface area contributed by atoms with Gasteiger partial charge in [0.2, 0.25) is 19.8 Å². The molecule has 2 radical (unpaired) electrons. The Hall–Kier alpha value is -1.78. The molecule has 88 valence electrons. The lowest BCUT2D eigenvalue weighted by atomic mass is 10.1. The third-order valence-corrected chi connectivity index (χ3v) is 2.25. The van der Waals surface area contributed by atoms with Crippen molar-refractivity contribution in [3.8, 4) is 0 Å². The Morgan fingerprint density at radius 2 is 1.71 bits per heavy atom. The molecule has 4 nitrogen and oxygen atoms in total. The number of amides is 2. The number of carbonyl (C=O) groups is 2. The number of carbonyl (C=O) groups excluding carboxylic acids is 2. The van der Waals surface area contributed by atoms with Gasteiger partial charge < -0.3 is 10.1 Å². The van der Waals surface area contributed by atoms with E-state index in [-0.39, 0.29) is 0 Å². The van der Waals surface area contributed by atoms with E-state index in [2.05, 4.69) is 5.32 Å². The summed E-state index contributed by atoms with van der Waals surface area (Å²) in [5.41, 5.74) is 0.640. The van der Waals surface area contributed by atoms with E-state index in [4.69, 9.17) is 7.98 Å². The minimum atomic E-state index is -0.482. The lowest BCUT2D eigenvalue weighted by Gasteiger charge is -2.05. The number of allylic oxidation sites excluding steroid dienone is 1. The van der Waals surface area contributed by atoms with Crippen molar-refractivity contribution in [2.75, 3.05) is 7.05 Å². The monoisotopic (exact) mass is 230 g/mol. The van der Waals surface area contributed by atoms with Crippen molar-refractivity contribution >= 4 is 19.8 Å². The Kier molecular flexibility index (Phi) is 4.32. The van der Waals surface area contributed by atoms with Crippen molar-refractivity contribution in [1.82, 2.24) is 10.1 Å². The van der Waals surface area contributed by atoms with Crippen LogP contribution >= 0.6 is 0 Å². The van der Waals surface area contributed by atoms with Crippen LogP contribution in [0.25, 0.3) is 0 Å². The summed E-state index contributed by atoms with van der Waals surface area (Å²) in [6.45, 7) is 3.98. The zero-order valence-corrected chi connectivity index (χ0v) is 10.2. The molecule has 0 unspecified atom stereocenters. The molecule has 5 heteroatoms. The van der Waals surface area contributed by atoms with Gasteiger partial charge in [-0.25, -0.2) is 0 Å². The van der Waals surface area contributed by atoms with Crippen molar-refractivity contribution < 1.29 is 9.59 Å². The Labute approximate surface area is 102 Å². The first-order valence-corrected chi connectivity index (χ1v) is 5.38. The number of hydrogen-bond acceptors (Lipinski definition) is 3. The van der Waals surface area contributed by atoms with E-state index in [0.29, 0.717) is 21.9 Å². The molecule has 0 aromatic carbocycles. The maximum Gasteiger partial charge on any atom is 0.248 e. The zero-order valence-electron chi connectivity index (χ0n) is 10.2. The number of rotatable bonds is 4. The summed E-state index contributed by atoms with van der Waals surface area (Å²) in [7, 11) is 7.10. The Bertz CT molecular complexity index is 422. The molecule has 0 aromatic heterocycles. The molecule has 1 aliphatic heterocycles. The summed E-state index contributed by atoms with van der Waals surface area (Å²) in [5.74, 6) is -0.653. The predicted octanol–water partition coefficient (Wildman–Crippen LogP) is 0.681. The van der Waals surface area contributed by atoms with Crippen LogP contribution in [0.3, 0.4) is 0 Å². The van der Waals surface area contributed by atoms with Crippen LogP contribution in [0.1, 0.15) is 13.8 Å². The van der Waals surface area contributed by atoms with Gasteiger partial charge in [0.1, 0.15) is 0 Å². The molecular formula is C12H15BN2O2. The molecule has 0 saturated heterocycles. The second kappa shape index (κ2) is 5.52. The van der Waals surface area contributed by atoms with E-state index >= 15 is 0 Å². The minimum absolute atomic E-state index is 0.298. The second-order valence-corrected chi connectivity index (χ2v) is 4.03. The summed E-state index contributed by atoms with van der Waals surface area (Å²) in [6.07, 6.45) is 6.63. The third kappa shape index (κ3) is 2.87. The maximum atomic E-state index is 11.7. The number of hydrogen-bond donors (Lipinski definition) is 1. The van der Waals surface area contributed by atoms with Crippen molar-refractivity contribution in [1.29, 1.82) is 0 Å². The molecule has 1 heterocycles. The van der Waals surface area contributed by atoms with E-state index in [1.807, 2.05) is 19.9 Å². The van der Waals surface area contributed by atoms with Crippen LogP contribution in [-0.4, -0.2) is 31.7 Å². The average molecular weight is 230 g/mol. The maximum absolute atomic E-state index is 11.7. The highest BCUT2D eigenvalue weighted by molar-refractivity contribution is 6.36. The van der Waals surface area contributed by atoms with E-state index < -0.39 is 11.8 Å². The van der Waals surface area contributed by atoms with Crippen LogP contribution in [0, 0.1) is 5.92 Å². The van der Waals surface area contributed by atoms with Gasteiger partial charge in [0, 0.05) is 7.05 Å². The zero-order chi connectivity index (χ0) is 13.0. The van der Waals surface area contributed by atoms with Gasteiger partial charge in [-0.1, -0.05) is 26.0 Å². The Morgan fingerprint density at radius 1 is 1.18 bits per heavy atom. The quantitative estimate of drug-likeness (QED) is 0.570. The molecule has 0 aromatic rings. The largest absolute Gasteiger partial charge is 0.394 e. The van der Waals surface area contributed by atoms with Crippen molar-refractivity contribution in [2.24, 2.45) is 5.92 Å². The molecule has 0 aliphatic carbocycles. The lowest BCUT2D eigenvalue weighted by molar-refractivity contribution is -0.131. The van der Waals surface area contributed by atoms with Crippen LogP contribution in [0.15, 0.2) is 35.6 Å². The minimum Gasteiger partial charge on any atom is -0.394 e. The molecule has 0 fully saturated rings. The molecular weight excluding hydrogens is 215 g/mol. The predicted molar refractivity (Wildman–Crippen MR) is 66.8 cm³/mol. The Morgan fingerprint density at radius 3 is 2.18 bits per heavy atom.